The van der Waals surface area contributed by atoms with E-state index in [1.807, 2.05) is 6.92 Å². The smallest absolute Gasteiger partial charge is 0.255 e. The number of amides is 1. The van der Waals surface area contributed by atoms with Gasteiger partial charge in [-0.25, -0.2) is 9.37 Å². The maximum Gasteiger partial charge on any atom is 0.255 e. The lowest BCUT2D eigenvalue weighted by molar-refractivity contribution is 0.102. The summed E-state index contributed by atoms with van der Waals surface area (Å²) in [5.41, 5.74) is 1.63. The van der Waals surface area contributed by atoms with Crippen LogP contribution in [0.4, 0.5) is 10.1 Å². The number of rotatable bonds is 2. The Labute approximate surface area is 122 Å². The molecule has 0 unspecified atom stereocenters. The maximum atomic E-state index is 13.3. The van der Waals surface area contributed by atoms with Gasteiger partial charge in [-0.3, -0.25) is 4.79 Å². The van der Waals surface area contributed by atoms with Crippen molar-refractivity contribution in [3.05, 3.63) is 57.0 Å². The Balaban J connectivity index is 2.20. The first-order valence-electron chi connectivity index (χ1n) is 5.36. The molecule has 1 N–H and O–H groups in total. The molecule has 2 rings (SSSR count). The fourth-order valence-corrected chi connectivity index (χ4v) is 1.80. The second-order valence-electron chi connectivity index (χ2n) is 3.91. The number of hydrogen-bond acceptors (Lipinski definition) is 2. The highest BCUT2D eigenvalue weighted by Gasteiger charge is 2.10. The molecule has 1 heterocycles. The van der Waals surface area contributed by atoms with Crippen LogP contribution in [0.3, 0.4) is 0 Å². The summed E-state index contributed by atoms with van der Waals surface area (Å²) in [5, 5.41) is 2.62. The Morgan fingerprint density at radius 2 is 2.16 bits per heavy atom. The number of carbonyl (C=O) groups is 1. The second-order valence-corrected chi connectivity index (χ2v) is 5.07. The highest BCUT2D eigenvalue weighted by Crippen LogP contribution is 2.19. The Bertz CT molecular complexity index is 649. The van der Waals surface area contributed by atoms with E-state index in [9.17, 15) is 9.18 Å². The van der Waals surface area contributed by atoms with Gasteiger partial charge in [-0.2, -0.15) is 0 Å². The fraction of sp³-hybridized carbons (Fsp3) is 0.0769. The number of carbonyl (C=O) groups excluding carboxylic acids is 1. The molecule has 19 heavy (non-hydrogen) atoms. The van der Waals surface area contributed by atoms with Crippen LogP contribution in [0.1, 0.15) is 15.9 Å². The van der Waals surface area contributed by atoms with Crippen LogP contribution in [0, 0.1) is 12.7 Å². The van der Waals surface area contributed by atoms with Gasteiger partial charge in [0.05, 0.1) is 16.9 Å². The first-order valence-corrected chi connectivity index (χ1v) is 6.53. The van der Waals surface area contributed by atoms with E-state index in [0.717, 1.165) is 11.6 Å². The van der Waals surface area contributed by atoms with E-state index in [1.54, 1.807) is 6.07 Å². The summed E-state index contributed by atoms with van der Waals surface area (Å²) < 4.78 is 14.0. The Hall–Kier alpha value is -1.46. The number of benzene rings is 1. The first kappa shape index (κ1) is 14.0. The van der Waals surface area contributed by atoms with Crippen molar-refractivity contribution in [2.45, 2.75) is 6.92 Å². The van der Waals surface area contributed by atoms with Gasteiger partial charge >= 0.3 is 0 Å². The van der Waals surface area contributed by atoms with Crippen LogP contribution in [-0.4, -0.2) is 10.9 Å². The highest BCUT2D eigenvalue weighted by atomic mass is 79.9. The Kier molecular flexibility index (Phi) is 4.17. The van der Waals surface area contributed by atoms with Crippen molar-refractivity contribution in [3.8, 4) is 0 Å². The van der Waals surface area contributed by atoms with Crippen molar-refractivity contribution in [2.24, 2.45) is 0 Å². The predicted molar refractivity (Wildman–Crippen MR) is 76.0 cm³/mol. The van der Waals surface area contributed by atoms with Crippen LogP contribution in [0.5, 0.6) is 0 Å². The van der Waals surface area contributed by atoms with Gasteiger partial charge in [0.1, 0.15) is 10.4 Å². The van der Waals surface area contributed by atoms with Crippen LogP contribution in [0.25, 0.3) is 0 Å². The number of anilines is 1. The fourth-order valence-electron chi connectivity index (χ4n) is 1.47. The average Bonchev–Trinajstić information content (AvgIpc) is 2.37. The third kappa shape index (κ3) is 3.30. The van der Waals surface area contributed by atoms with Gasteiger partial charge in [0.15, 0.2) is 0 Å². The van der Waals surface area contributed by atoms with Crippen molar-refractivity contribution >= 4 is 39.1 Å². The molecule has 0 radical (unpaired) electrons. The lowest BCUT2D eigenvalue weighted by Crippen LogP contribution is -2.12. The average molecular weight is 344 g/mol. The Morgan fingerprint density at radius 3 is 2.79 bits per heavy atom. The van der Waals surface area contributed by atoms with Crippen molar-refractivity contribution < 1.29 is 9.18 Å². The second kappa shape index (κ2) is 5.67. The number of pyridine rings is 1. The van der Waals surface area contributed by atoms with E-state index in [-0.39, 0.29) is 10.6 Å². The van der Waals surface area contributed by atoms with Crippen molar-refractivity contribution in [1.29, 1.82) is 0 Å². The number of halogens is 3. The molecule has 1 aromatic carbocycles. The van der Waals surface area contributed by atoms with E-state index in [0.29, 0.717) is 10.3 Å². The van der Waals surface area contributed by atoms with Gasteiger partial charge in [-0.15, -0.1) is 0 Å². The number of nitrogens with zero attached hydrogens (tertiary/aromatic N) is 1. The van der Waals surface area contributed by atoms with E-state index < -0.39 is 11.7 Å². The van der Waals surface area contributed by atoms with Crippen molar-refractivity contribution in [2.75, 3.05) is 5.32 Å². The van der Waals surface area contributed by atoms with Crippen molar-refractivity contribution in [3.63, 3.8) is 0 Å². The van der Waals surface area contributed by atoms with Gasteiger partial charge in [0, 0.05) is 5.56 Å². The predicted octanol–water partition coefficient (Wildman–Crippen LogP) is 4.20. The molecule has 0 aliphatic carbocycles. The summed E-state index contributed by atoms with van der Waals surface area (Å²) in [4.78, 5) is 16.0. The van der Waals surface area contributed by atoms with Crippen LogP contribution in [0.15, 0.2) is 35.1 Å². The van der Waals surface area contributed by atoms with Crippen LogP contribution in [0.2, 0.25) is 5.02 Å². The lowest BCUT2D eigenvalue weighted by atomic mass is 10.2. The highest BCUT2D eigenvalue weighted by molar-refractivity contribution is 9.10. The number of hydrogen-bond donors (Lipinski definition) is 1. The summed E-state index contributed by atoms with van der Waals surface area (Å²) in [6.07, 6.45) is 1.52. The zero-order valence-electron chi connectivity index (χ0n) is 9.88. The molecule has 1 amide bonds. The van der Waals surface area contributed by atoms with E-state index >= 15 is 0 Å². The summed E-state index contributed by atoms with van der Waals surface area (Å²) in [5.74, 6) is -1.04. The zero-order valence-corrected chi connectivity index (χ0v) is 12.2. The zero-order chi connectivity index (χ0) is 14.0. The molecule has 1 aromatic heterocycles. The number of aryl methyl sites for hydroxylation is 1. The molecule has 0 saturated carbocycles. The summed E-state index contributed by atoms with van der Waals surface area (Å²) in [6.45, 7) is 1.86. The third-order valence-corrected chi connectivity index (χ3v) is 3.59. The SMILES string of the molecule is Cc1cc(NC(=O)c2ccc(Cl)c(F)c2)cnc1Br. The van der Waals surface area contributed by atoms with Crippen LogP contribution >= 0.6 is 27.5 Å². The molecule has 0 spiro atoms. The maximum absolute atomic E-state index is 13.3. The number of nitrogens with one attached hydrogen (secondary N) is 1. The lowest BCUT2D eigenvalue weighted by Gasteiger charge is -2.07. The van der Waals surface area contributed by atoms with Gasteiger partial charge in [-0.05, 0) is 52.7 Å². The first-order chi connectivity index (χ1) is 8.97. The molecule has 0 aliphatic heterocycles. The minimum Gasteiger partial charge on any atom is -0.321 e. The van der Waals surface area contributed by atoms with Crippen molar-refractivity contribution in [1.82, 2.24) is 4.98 Å². The molecule has 0 aliphatic rings. The van der Waals surface area contributed by atoms with E-state index in [1.165, 1.54) is 18.3 Å². The standard InChI is InChI=1S/C13H9BrClFN2O/c1-7-4-9(6-17-12(7)14)18-13(19)8-2-3-10(15)11(16)5-8/h2-6H,1H3,(H,18,19). The molecule has 0 atom stereocenters. The summed E-state index contributed by atoms with van der Waals surface area (Å²) in [6, 6.07) is 5.66. The number of aromatic nitrogens is 1. The summed E-state index contributed by atoms with van der Waals surface area (Å²) in [7, 11) is 0. The third-order valence-electron chi connectivity index (χ3n) is 2.45. The molecule has 0 fully saturated rings. The normalized spacial score (nSPS) is 10.3. The molecular weight excluding hydrogens is 335 g/mol. The molecule has 3 nitrogen and oxygen atoms in total. The largest absolute Gasteiger partial charge is 0.321 e. The minimum atomic E-state index is -0.626. The topological polar surface area (TPSA) is 42.0 Å². The van der Waals surface area contributed by atoms with Gasteiger partial charge in [-0.1, -0.05) is 11.6 Å². The quantitative estimate of drug-likeness (QED) is 0.831. The minimum absolute atomic E-state index is 0.0160. The van der Waals surface area contributed by atoms with E-state index in [4.69, 9.17) is 11.6 Å². The molecule has 2 aromatic rings. The van der Waals surface area contributed by atoms with Gasteiger partial charge < -0.3 is 5.32 Å². The molecule has 98 valence electrons. The Morgan fingerprint density at radius 1 is 1.42 bits per heavy atom. The molecule has 0 bridgehead atoms. The molecular formula is C13H9BrClFN2O. The molecule has 6 heteroatoms. The summed E-state index contributed by atoms with van der Waals surface area (Å²) >= 11 is 8.83. The van der Waals surface area contributed by atoms with E-state index in [2.05, 4.69) is 26.2 Å². The van der Waals surface area contributed by atoms with Gasteiger partial charge in [0.25, 0.3) is 5.91 Å². The van der Waals surface area contributed by atoms with Crippen LogP contribution in [-0.2, 0) is 0 Å². The van der Waals surface area contributed by atoms with Crippen LogP contribution < -0.4 is 5.32 Å². The molecule has 0 saturated heterocycles. The monoisotopic (exact) mass is 342 g/mol. The van der Waals surface area contributed by atoms with Gasteiger partial charge in [0.2, 0.25) is 0 Å².